The molecule has 0 aromatic heterocycles. The van der Waals surface area contributed by atoms with Gasteiger partial charge in [0.1, 0.15) is 5.78 Å². The molecule has 0 heterocycles. The average molecular weight is 245 g/mol. The van der Waals surface area contributed by atoms with Crippen LogP contribution in [0.1, 0.15) is 33.1 Å². The van der Waals surface area contributed by atoms with E-state index in [2.05, 4.69) is 4.72 Å². The molecule has 2 atom stereocenters. The minimum atomic E-state index is -3.32. The van der Waals surface area contributed by atoms with Gasteiger partial charge < -0.3 is 0 Å². The van der Waals surface area contributed by atoms with E-state index < -0.39 is 15.4 Å². The highest BCUT2D eigenvalue weighted by atomic mass is 32.2. The van der Waals surface area contributed by atoms with Crippen LogP contribution >= 0.6 is 0 Å². The van der Waals surface area contributed by atoms with Gasteiger partial charge in [-0.15, -0.1) is 0 Å². The van der Waals surface area contributed by atoms with Gasteiger partial charge in [0.05, 0.1) is 5.75 Å². The summed E-state index contributed by atoms with van der Waals surface area (Å²) in [4.78, 5) is 12.1. The number of carbonyl (C=O) groups excluding carboxylic acids is 1. The number of carbonyl (C=O) groups is 1. The standard InChI is InChI=1S/C11H19NO3S/c1-10(2)8-4-5-11(10,9(13)6-8)7-16(14,15)12-3/h8,12H,4-7H2,1-3H3/t8-,11+/m0/s1. The van der Waals surface area contributed by atoms with E-state index >= 15 is 0 Å². The molecular formula is C11H19NO3S. The Morgan fingerprint density at radius 1 is 1.44 bits per heavy atom. The van der Waals surface area contributed by atoms with Crippen molar-refractivity contribution in [2.75, 3.05) is 12.8 Å². The maximum Gasteiger partial charge on any atom is 0.212 e. The van der Waals surface area contributed by atoms with E-state index in [4.69, 9.17) is 0 Å². The molecule has 92 valence electrons. The number of sulfonamides is 1. The molecule has 16 heavy (non-hydrogen) atoms. The summed E-state index contributed by atoms with van der Waals surface area (Å²) in [5.41, 5.74) is -0.812. The Morgan fingerprint density at radius 2 is 2.06 bits per heavy atom. The Hall–Kier alpha value is -0.420. The van der Waals surface area contributed by atoms with Gasteiger partial charge >= 0.3 is 0 Å². The van der Waals surface area contributed by atoms with Crippen molar-refractivity contribution in [1.29, 1.82) is 0 Å². The Morgan fingerprint density at radius 3 is 2.44 bits per heavy atom. The number of hydrogen-bond donors (Lipinski definition) is 1. The summed E-state index contributed by atoms with van der Waals surface area (Å²) < 4.78 is 25.7. The van der Waals surface area contributed by atoms with Crippen molar-refractivity contribution >= 4 is 15.8 Å². The van der Waals surface area contributed by atoms with Crippen molar-refractivity contribution in [3.63, 3.8) is 0 Å². The Bertz CT molecular complexity index is 427. The fraction of sp³-hybridized carbons (Fsp3) is 0.909. The quantitative estimate of drug-likeness (QED) is 0.804. The number of rotatable bonds is 3. The summed E-state index contributed by atoms with van der Waals surface area (Å²) >= 11 is 0. The van der Waals surface area contributed by atoms with Gasteiger partial charge in [0.15, 0.2) is 0 Å². The van der Waals surface area contributed by atoms with Crippen LogP contribution in [0.15, 0.2) is 0 Å². The van der Waals surface area contributed by atoms with E-state index in [0.29, 0.717) is 12.3 Å². The van der Waals surface area contributed by atoms with Crippen molar-refractivity contribution in [1.82, 2.24) is 4.72 Å². The molecule has 0 aliphatic heterocycles. The minimum Gasteiger partial charge on any atom is -0.299 e. The molecule has 1 N–H and O–H groups in total. The molecule has 2 aliphatic rings. The zero-order valence-electron chi connectivity index (χ0n) is 10.0. The van der Waals surface area contributed by atoms with E-state index in [1.165, 1.54) is 7.05 Å². The van der Waals surface area contributed by atoms with E-state index in [0.717, 1.165) is 12.8 Å². The monoisotopic (exact) mass is 245 g/mol. The molecule has 2 rings (SSSR count). The van der Waals surface area contributed by atoms with Gasteiger partial charge in [-0.05, 0) is 31.2 Å². The molecule has 0 saturated heterocycles. The van der Waals surface area contributed by atoms with Crippen LogP contribution in [0, 0.1) is 16.7 Å². The van der Waals surface area contributed by atoms with Crippen LogP contribution in [0.4, 0.5) is 0 Å². The van der Waals surface area contributed by atoms with E-state index in [9.17, 15) is 13.2 Å². The van der Waals surface area contributed by atoms with Gasteiger partial charge in [-0.2, -0.15) is 0 Å². The average Bonchev–Trinajstić information content (AvgIpc) is 2.51. The van der Waals surface area contributed by atoms with Gasteiger partial charge in [0.2, 0.25) is 10.0 Å². The summed E-state index contributed by atoms with van der Waals surface area (Å²) in [6.45, 7) is 4.08. The topological polar surface area (TPSA) is 63.2 Å². The van der Waals surface area contributed by atoms with Crippen molar-refractivity contribution in [2.45, 2.75) is 33.1 Å². The Kier molecular flexibility index (Phi) is 2.48. The lowest BCUT2D eigenvalue weighted by molar-refractivity contribution is -0.128. The number of hydrogen-bond acceptors (Lipinski definition) is 3. The SMILES string of the molecule is CNS(=O)(=O)C[C@]12CC[C@@H](CC1=O)C2(C)C. The molecule has 2 aliphatic carbocycles. The van der Waals surface area contributed by atoms with Gasteiger partial charge in [0.25, 0.3) is 0 Å². The lowest BCUT2D eigenvalue weighted by Gasteiger charge is -2.35. The van der Waals surface area contributed by atoms with Crippen molar-refractivity contribution in [3.8, 4) is 0 Å². The highest BCUT2D eigenvalue weighted by Crippen LogP contribution is 2.64. The first kappa shape index (κ1) is 12.0. The molecule has 2 fully saturated rings. The van der Waals surface area contributed by atoms with Crippen molar-refractivity contribution < 1.29 is 13.2 Å². The largest absolute Gasteiger partial charge is 0.299 e. The third-order valence-electron chi connectivity index (χ3n) is 4.89. The Balaban J connectivity index is 2.40. The first-order chi connectivity index (χ1) is 7.25. The zero-order valence-corrected chi connectivity index (χ0v) is 10.9. The third-order valence-corrected chi connectivity index (χ3v) is 6.38. The molecule has 0 spiro atoms. The summed E-state index contributed by atoms with van der Waals surface area (Å²) in [6, 6.07) is 0. The smallest absolute Gasteiger partial charge is 0.212 e. The molecule has 2 saturated carbocycles. The van der Waals surface area contributed by atoms with Crippen LogP contribution in [-0.4, -0.2) is 27.0 Å². The number of ketones is 1. The fourth-order valence-corrected chi connectivity index (χ4v) is 4.98. The molecule has 0 amide bonds. The first-order valence-electron chi connectivity index (χ1n) is 5.70. The summed E-state index contributed by atoms with van der Waals surface area (Å²) in [5, 5.41) is 0. The fourth-order valence-electron chi connectivity index (χ4n) is 3.50. The molecule has 2 bridgehead atoms. The molecule has 0 aromatic rings. The predicted octanol–water partition coefficient (Wildman–Crippen LogP) is 0.931. The molecule has 4 nitrogen and oxygen atoms in total. The van der Waals surface area contributed by atoms with Crippen LogP contribution in [-0.2, 0) is 14.8 Å². The third kappa shape index (κ3) is 1.37. The Labute approximate surface area is 96.8 Å². The molecule has 5 heteroatoms. The lowest BCUT2D eigenvalue weighted by Crippen LogP contribution is -2.44. The highest BCUT2D eigenvalue weighted by Gasteiger charge is 2.65. The molecular weight excluding hydrogens is 226 g/mol. The molecule has 0 unspecified atom stereocenters. The number of nitrogens with one attached hydrogen (secondary N) is 1. The second-order valence-corrected chi connectivity index (χ2v) is 7.56. The van der Waals surface area contributed by atoms with Gasteiger partial charge in [0, 0.05) is 11.8 Å². The molecule has 0 aromatic carbocycles. The predicted molar refractivity (Wildman–Crippen MR) is 61.4 cm³/mol. The van der Waals surface area contributed by atoms with Gasteiger partial charge in [-0.25, -0.2) is 13.1 Å². The van der Waals surface area contributed by atoms with Crippen LogP contribution in [0.25, 0.3) is 0 Å². The summed E-state index contributed by atoms with van der Waals surface area (Å²) in [5.74, 6) is 0.471. The van der Waals surface area contributed by atoms with Crippen LogP contribution in [0.2, 0.25) is 0 Å². The van der Waals surface area contributed by atoms with E-state index in [1.54, 1.807) is 0 Å². The van der Waals surface area contributed by atoms with Gasteiger partial charge in [-0.1, -0.05) is 13.8 Å². The van der Waals surface area contributed by atoms with Crippen molar-refractivity contribution in [3.05, 3.63) is 0 Å². The van der Waals surface area contributed by atoms with Crippen molar-refractivity contribution in [2.24, 2.45) is 16.7 Å². The van der Waals surface area contributed by atoms with Crippen LogP contribution < -0.4 is 4.72 Å². The molecule has 0 radical (unpaired) electrons. The maximum atomic E-state index is 12.1. The summed E-state index contributed by atoms with van der Waals surface area (Å²) in [7, 11) is -1.91. The lowest BCUT2D eigenvalue weighted by atomic mass is 9.70. The van der Waals surface area contributed by atoms with Gasteiger partial charge in [-0.3, -0.25) is 4.79 Å². The van der Waals surface area contributed by atoms with E-state index in [-0.39, 0.29) is 17.0 Å². The second-order valence-electron chi connectivity index (χ2n) is 5.63. The second kappa shape index (κ2) is 3.29. The maximum absolute atomic E-state index is 12.1. The summed E-state index contributed by atoms with van der Waals surface area (Å²) in [6.07, 6.45) is 2.27. The number of fused-ring (bicyclic) bond motifs is 2. The minimum absolute atomic E-state index is 0.0428. The first-order valence-corrected chi connectivity index (χ1v) is 7.35. The zero-order chi connectivity index (χ0) is 12.2. The normalized spacial score (nSPS) is 36.9. The van der Waals surface area contributed by atoms with E-state index in [1.807, 2.05) is 13.8 Å². The van der Waals surface area contributed by atoms with Crippen LogP contribution in [0.5, 0.6) is 0 Å². The number of Topliss-reactive ketones (excluding diaryl/α,β-unsaturated/α-hetero) is 1. The highest BCUT2D eigenvalue weighted by molar-refractivity contribution is 7.89. The van der Waals surface area contributed by atoms with Crippen LogP contribution in [0.3, 0.4) is 0 Å².